The monoisotopic (exact) mass is 269 g/mol. The summed E-state index contributed by atoms with van der Waals surface area (Å²) in [5, 5.41) is 8.74. The molecule has 11 heteroatoms. The van der Waals surface area contributed by atoms with Crippen molar-refractivity contribution < 1.29 is 28.7 Å². The molecule has 1 aromatic heterocycles. The summed E-state index contributed by atoms with van der Waals surface area (Å²) in [6, 6.07) is 2.66. The van der Waals surface area contributed by atoms with E-state index in [1.54, 1.807) is 0 Å². The van der Waals surface area contributed by atoms with E-state index in [-0.39, 0.29) is 5.82 Å². The molecule has 0 saturated carbocycles. The van der Waals surface area contributed by atoms with Crippen LogP contribution in [0.3, 0.4) is 0 Å². The average molecular weight is 269 g/mol. The second kappa shape index (κ2) is 4.58. The number of rotatable bonds is 4. The predicted molar refractivity (Wildman–Crippen MR) is 53.5 cm³/mol. The summed E-state index contributed by atoms with van der Waals surface area (Å²) >= 11 is 0. The topological polar surface area (TPSA) is 153 Å². The SMILES string of the molecule is O=P(O)(O)C(Nc1cccnn1)P(=O)(O)O. The van der Waals surface area contributed by atoms with Crippen LogP contribution in [0.4, 0.5) is 5.82 Å². The first kappa shape index (κ1) is 13.2. The summed E-state index contributed by atoms with van der Waals surface area (Å²) in [4.78, 5) is 35.1. The van der Waals surface area contributed by atoms with Gasteiger partial charge in [0.15, 0.2) is 0 Å². The molecule has 9 nitrogen and oxygen atoms in total. The molecule has 0 radical (unpaired) electrons. The van der Waals surface area contributed by atoms with E-state index in [2.05, 4.69) is 10.2 Å². The van der Waals surface area contributed by atoms with Crippen LogP contribution in [0, 0.1) is 0 Å². The molecule has 0 saturated heterocycles. The summed E-state index contributed by atoms with van der Waals surface area (Å²) in [6.45, 7) is 0. The van der Waals surface area contributed by atoms with Crippen LogP contribution in [0.25, 0.3) is 0 Å². The van der Waals surface area contributed by atoms with Crippen molar-refractivity contribution in [3.8, 4) is 0 Å². The van der Waals surface area contributed by atoms with Gasteiger partial charge in [0.05, 0.1) is 0 Å². The molecule has 0 spiro atoms. The highest BCUT2D eigenvalue weighted by Gasteiger charge is 2.43. The van der Waals surface area contributed by atoms with Crippen molar-refractivity contribution in [3.63, 3.8) is 0 Å². The third-order valence-electron chi connectivity index (χ3n) is 1.49. The minimum Gasteiger partial charge on any atom is -0.345 e. The lowest BCUT2D eigenvalue weighted by Gasteiger charge is -2.20. The van der Waals surface area contributed by atoms with Gasteiger partial charge in [-0.3, -0.25) is 9.13 Å². The second-order valence-electron chi connectivity index (χ2n) is 2.81. The lowest BCUT2D eigenvalue weighted by Crippen LogP contribution is -2.20. The fourth-order valence-electron chi connectivity index (χ4n) is 0.875. The summed E-state index contributed by atoms with van der Waals surface area (Å²) in [7, 11) is -10.0. The van der Waals surface area contributed by atoms with Gasteiger partial charge in [-0.2, -0.15) is 5.10 Å². The van der Waals surface area contributed by atoms with Gasteiger partial charge in [0.2, 0.25) is 5.52 Å². The van der Waals surface area contributed by atoms with Gasteiger partial charge >= 0.3 is 15.2 Å². The van der Waals surface area contributed by atoms with Crippen LogP contribution in [0.1, 0.15) is 0 Å². The summed E-state index contributed by atoms with van der Waals surface area (Å²) < 4.78 is 21.7. The largest absolute Gasteiger partial charge is 0.360 e. The number of nitrogens with one attached hydrogen (secondary N) is 1. The molecule has 16 heavy (non-hydrogen) atoms. The van der Waals surface area contributed by atoms with Gasteiger partial charge in [0.1, 0.15) is 5.82 Å². The maximum atomic E-state index is 10.9. The minimum atomic E-state index is -5.00. The maximum absolute atomic E-state index is 10.9. The molecule has 1 heterocycles. The van der Waals surface area contributed by atoms with Crippen molar-refractivity contribution in [1.29, 1.82) is 0 Å². The molecule has 1 aromatic rings. The number of anilines is 1. The Morgan fingerprint density at radius 2 is 1.75 bits per heavy atom. The van der Waals surface area contributed by atoms with E-state index in [0.717, 1.165) is 0 Å². The highest BCUT2D eigenvalue weighted by atomic mass is 31.2. The number of aromatic nitrogens is 2. The van der Waals surface area contributed by atoms with Gasteiger partial charge in [-0.15, -0.1) is 5.10 Å². The highest BCUT2D eigenvalue weighted by molar-refractivity contribution is 7.71. The standard InChI is InChI=1S/C5H9N3O6P2/c9-15(10,11)5(16(12,13)14)7-4-2-1-3-6-8-4/h1-3,5H,(H,7,8)(H2,9,10,11)(H2,12,13,14). The Labute approximate surface area is 89.9 Å². The number of hydrogen-bond acceptors (Lipinski definition) is 5. The quantitative estimate of drug-likeness (QED) is 0.456. The molecule has 0 aliphatic heterocycles. The molecule has 0 amide bonds. The van der Waals surface area contributed by atoms with Crippen LogP contribution in [-0.4, -0.2) is 35.3 Å². The van der Waals surface area contributed by atoms with Gasteiger partial charge in [0, 0.05) is 6.20 Å². The van der Waals surface area contributed by atoms with Gasteiger partial charge in [0.25, 0.3) is 0 Å². The number of nitrogens with zero attached hydrogens (tertiary/aromatic N) is 2. The van der Waals surface area contributed by atoms with Gasteiger partial charge in [-0.05, 0) is 12.1 Å². The Morgan fingerprint density at radius 1 is 1.19 bits per heavy atom. The summed E-state index contributed by atoms with van der Waals surface area (Å²) in [6.07, 6.45) is 1.30. The van der Waals surface area contributed by atoms with E-state index in [4.69, 9.17) is 19.6 Å². The second-order valence-corrected chi connectivity index (χ2v) is 6.60. The van der Waals surface area contributed by atoms with Crippen LogP contribution in [0.5, 0.6) is 0 Å². The highest BCUT2D eigenvalue weighted by Crippen LogP contribution is 2.59. The van der Waals surface area contributed by atoms with E-state index in [9.17, 15) is 9.13 Å². The third-order valence-corrected chi connectivity index (χ3v) is 4.82. The van der Waals surface area contributed by atoms with Crippen LogP contribution < -0.4 is 5.32 Å². The van der Waals surface area contributed by atoms with E-state index in [0.29, 0.717) is 0 Å². The zero-order valence-electron chi connectivity index (χ0n) is 7.70. The van der Waals surface area contributed by atoms with Crippen LogP contribution in [0.15, 0.2) is 18.3 Å². The van der Waals surface area contributed by atoms with E-state index < -0.39 is 20.7 Å². The normalized spacial score (nSPS) is 12.8. The molecular formula is C5H9N3O6P2. The van der Waals surface area contributed by atoms with E-state index in [1.165, 1.54) is 18.3 Å². The predicted octanol–water partition coefficient (Wildman–Crippen LogP) is -0.473. The van der Waals surface area contributed by atoms with Crippen molar-refractivity contribution in [2.24, 2.45) is 0 Å². The van der Waals surface area contributed by atoms with Gasteiger partial charge in [-0.1, -0.05) is 0 Å². The summed E-state index contributed by atoms with van der Waals surface area (Å²) in [5.41, 5.74) is -2.32. The minimum absolute atomic E-state index is 0.140. The lowest BCUT2D eigenvalue weighted by atomic mass is 10.5. The van der Waals surface area contributed by atoms with Crippen LogP contribution >= 0.6 is 15.2 Å². The first-order valence-corrected chi connectivity index (χ1v) is 7.22. The third kappa shape index (κ3) is 3.64. The molecule has 0 aliphatic rings. The van der Waals surface area contributed by atoms with Crippen molar-refractivity contribution in [2.75, 3.05) is 5.32 Å². The molecular weight excluding hydrogens is 260 g/mol. The maximum Gasteiger partial charge on any atom is 0.360 e. The van der Waals surface area contributed by atoms with Gasteiger partial charge < -0.3 is 24.9 Å². The molecule has 0 bridgehead atoms. The Morgan fingerprint density at radius 3 is 2.12 bits per heavy atom. The fourth-order valence-corrected chi connectivity index (χ4v) is 3.04. The van der Waals surface area contributed by atoms with Crippen LogP contribution in [0.2, 0.25) is 0 Å². The van der Waals surface area contributed by atoms with Crippen molar-refractivity contribution in [2.45, 2.75) is 5.52 Å². The van der Waals surface area contributed by atoms with Crippen molar-refractivity contribution in [1.82, 2.24) is 10.2 Å². The van der Waals surface area contributed by atoms with E-state index in [1.807, 2.05) is 5.32 Å². The van der Waals surface area contributed by atoms with Gasteiger partial charge in [-0.25, -0.2) is 0 Å². The number of hydrogen-bond donors (Lipinski definition) is 5. The molecule has 0 fully saturated rings. The molecule has 90 valence electrons. The van der Waals surface area contributed by atoms with E-state index >= 15 is 0 Å². The molecule has 1 rings (SSSR count). The summed E-state index contributed by atoms with van der Waals surface area (Å²) in [5.74, 6) is -0.140. The average Bonchev–Trinajstić information content (AvgIpc) is 2.12. The molecule has 0 aliphatic carbocycles. The first-order valence-electron chi connectivity index (χ1n) is 3.86. The zero-order valence-corrected chi connectivity index (χ0v) is 9.49. The smallest absolute Gasteiger partial charge is 0.345 e. The van der Waals surface area contributed by atoms with Crippen LogP contribution in [-0.2, 0) is 9.13 Å². The van der Waals surface area contributed by atoms with Crippen molar-refractivity contribution in [3.05, 3.63) is 18.3 Å². The Hall–Kier alpha value is -0.820. The molecule has 0 atom stereocenters. The first-order chi connectivity index (χ1) is 7.21. The van der Waals surface area contributed by atoms with Crippen molar-refractivity contribution >= 4 is 21.0 Å². The lowest BCUT2D eigenvalue weighted by molar-refractivity contribution is 0.343. The fraction of sp³-hybridized carbons (Fsp3) is 0.200. The molecule has 0 unspecified atom stereocenters. The zero-order chi connectivity index (χ0) is 12.4. The Bertz CT molecular complexity index is 419. The Balaban J connectivity index is 2.99. The molecule has 0 aromatic carbocycles. The Kier molecular flexibility index (Phi) is 3.80. The molecule has 5 N–H and O–H groups in total.